The third-order valence-electron chi connectivity index (χ3n) is 11.6. The highest BCUT2D eigenvalue weighted by Gasteiger charge is 2.42. The van der Waals surface area contributed by atoms with Crippen molar-refractivity contribution in [2.75, 3.05) is 0 Å². The normalized spacial score (nSPS) is 15.1. The second kappa shape index (κ2) is 25.5. The van der Waals surface area contributed by atoms with E-state index in [9.17, 15) is 46.8 Å². The standard InChI is InChI=1S/C47H63N9O10S/c1-6-30(5)40(54-42(59)36(23-29(3)4)52-43(60)38-28-49-21-22-50-38)44(61)53-37(24-31-15-10-8-11-16-31)46(63)56(39(57)26-34(48)7-2)47(64)45(62)55-67(65,66)35-20-14-19-33(25-35)41(58)51-27-32-17-12-9-13-18-32/h9,12-14,17-22,25,28-31,34,36-37,40H,6-8,10-11,15-16,23-24,26-27,48H2,1-5H3,(H,51,58)(H,52,60)(H,53,61)(H,54,59)(H,55,62)/t30-,34-,36-,37-,40-/m0/s1. The van der Waals surface area contributed by atoms with Crippen molar-refractivity contribution in [1.82, 2.24) is 40.9 Å². The molecule has 1 aromatic heterocycles. The Morgan fingerprint density at radius 1 is 0.806 bits per heavy atom. The van der Waals surface area contributed by atoms with Crippen LogP contribution >= 0.6 is 0 Å². The molecule has 5 atom stereocenters. The van der Waals surface area contributed by atoms with Crippen LogP contribution in [0.2, 0.25) is 0 Å². The predicted molar refractivity (Wildman–Crippen MR) is 246 cm³/mol. The molecule has 20 heteroatoms. The second-order valence-corrected chi connectivity index (χ2v) is 19.0. The van der Waals surface area contributed by atoms with Crippen LogP contribution in [-0.4, -0.2) is 94.7 Å². The molecule has 4 rings (SSSR count). The minimum absolute atomic E-state index is 0.0269. The van der Waals surface area contributed by atoms with E-state index in [1.807, 2.05) is 19.9 Å². The molecular weight excluding hydrogens is 883 g/mol. The molecule has 0 radical (unpaired) electrons. The molecule has 1 aliphatic carbocycles. The van der Waals surface area contributed by atoms with E-state index in [4.69, 9.17) is 5.73 Å². The third kappa shape index (κ3) is 15.9. The van der Waals surface area contributed by atoms with Gasteiger partial charge in [-0.1, -0.05) is 110 Å². The fourth-order valence-corrected chi connectivity index (χ4v) is 8.50. The number of nitrogens with one attached hydrogen (secondary N) is 5. The summed E-state index contributed by atoms with van der Waals surface area (Å²) in [4.78, 5) is 118. The van der Waals surface area contributed by atoms with Gasteiger partial charge >= 0.3 is 11.8 Å². The molecule has 7 N–H and O–H groups in total. The highest BCUT2D eigenvalue weighted by Crippen LogP contribution is 2.28. The number of nitrogens with two attached hydrogens (primary N) is 1. The van der Waals surface area contributed by atoms with E-state index in [0.29, 0.717) is 19.3 Å². The van der Waals surface area contributed by atoms with Gasteiger partial charge in [-0.2, -0.15) is 0 Å². The fourth-order valence-electron chi connectivity index (χ4n) is 7.51. The zero-order chi connectivity index (χ0) is 49.3. The van der Waals surface area contributed by atoms with Crippen molar-refractivity contribution in [1.29, 1.82) is 0 Å². The van der Waals surface area contributed by atoms with E-state index in [2.05, 4.69) is 31.2 Å². The molecule has 0 aliphatic heterocycles. The smallest absolute Gasteiger partial charge is 0.326 e. The Bertz CT molecular complexity index is 2330. The minimum atomic E-state index is -4.89. The Hall–Kier alpha value is -6.41. The van der Waals surface area contributed by atoms with Crippen molar-refractivity contribution in [2.45, 2.75) is 134 Å². The molecule has 0 saturated heterocycles. The first-order valence-electron chi connectivity index (χ1n) is 22.7. The summed E-state index contributed by atoms with van der Waals surface area (Å²) >= 11 is 0. The van der Waals surface area contributed by atoms with Crippen LogP contribution in [0.25, 0.3) is 0 Å². The first kappa shape index (κ1) is 53.2. The van der Waals surface area contributed by atoms with Gasteiger partial charge in [-0.25, -0.2) is 23.0 Å². The average Bonchev–Trinajstić information content (AvgIpc) is 3.32. The van der Waals surface area contributed by atoms with Crippen molar-refractivity contribution in [2.24, 2.45) is 23.5 Å². The Morgan fingerprint density at radius 3 is 2.13 bits per heavy atom. The number of hydrogen-bond acceptors (Lipinski definition) is 13. The lowest BCUT2D eigenvalue weighted by atomic mass is 9.84. The van der Waals surface area contributed by atoms with Crippen LogP contribution in [0.1, 0.15) is 125 Å². The summed E-state index contributed by atoms with van der Waals surface area (Å²) in [6, 6.07) is 8.77. The van der Waals surface area contributed by atoms with Gasteiger partial charge in [-0.05, 0) is 60.8 Å². The summed E-state index contributed by atoms with van der Waals surface area (Å²) in [7, 11) is -4.89. The molecule has 0 unspecified atom stereocenters. The lowest BCUT2D eigenvalue weighted by molar-refractivity contribution is -0.160. The summed E-state index contributed by atoms with van der Waals surface area (Å²) in [6.45, 7) is 8.96. The highest BCUT2D eigenvalue weighted by molar-refractivity contribution is 7.90. The maximum absolute atomic E-state index is 14.7. The zero-order valence-corrected chi connectivity index (χ0v) is 39.5. The van der Waals surface area contributed by atoms with E-state index < -0.39 is 98.7 Å². The zero-order valence-electron chi connectivity index (χ0n) is 38.7. The Morgan fingerprint density at radius 2 is 1.51 bits per heavy atom. The SMILES string of the molecule is CC[C@H](N)CC(=O)N(C(=O)C(=O)NS(=O)(=O)c1cccc(C(=O)NCc2ccccc2)c1)C(=O)[C@H](CC1CCCCC1)NC(=O)[C@@H](NC(=O)[C@H](CC(C)C)NC(=O)c1cnccn1)[C@@H](C)CC. The number of aromatic nitrogens is 2. The summed E-state index contributed by atoms with van der Waals surface area (Å²) in [5.41, 5.74) is 6.76. The van der Waals surface area contributed by atoms with Gasteiger partial charge < -0.3 is 27.0 Å². The highest BCUT2D eigenvalue weighted by atomic mass is 32.2. The van der Waals surface area contributed by atoms with Gasteiger partial charge in [-0.15, -0.1) is 0 Å². The molecule has 2 aromatic carbocycles. The van der Waals surface area contributed by atoms with Crippen LogP contribution in [0.5, 0.6) is 0 Å². The molecule has 8 amide bonds. The van der Waals surface area contributed by atoms with Crippen LogP contribution < -0.4 is 31.7 Å². The lowest BCUT2D eigenvalue weighted by Crippen LogP contribution is -2.61. The van der Waals surface area contributed by atoms with Crippen molar-refractivity contribution in [3.05, 3.63) is 90.0 Å². The quantitative estimate of drug-likeness (QED) is 0.0839. The Balaban J connectivity index is 1.62. The Kier molecular flexibility index (Phi) is 20.2. The molecule has 0 bridgehead atoms. The number of carbonyl (C=O) groups is 8. The fraction of sp³-hybridized carbons (Fsp3) is 0.489. The topological polar surface area (TPSA) is 286 Å². The number of benzene rings is 2. The van der Waals surface area contributed by atoms with Crippen molar-refractivity contribution in [3.8, 4) is 0 Å². The van der Waals surface area contributed by atoms with Gasteiger partial charge in [-0.3, -0.25) is 43.3 Å². The first-order chi connectivity index (χ1) is 31.8. The van der Waals surface area contributed by atoms with Crippen LogP contribution in [0, 0.1) is 17.8 Å². The molecule has 0 spiro atoms. The number of rotatable bonds is 21. The van der Waals surface area contributed by atoms with Gasteiger partial charge in [0.25, 0.3) is 27.7 Å². The largest absolute Gasteiger partial charge is 0.348 e. The van der Waals surface area contributed by atoms with E-state index in [-0.39, 0.29) is 53.8 Å². The van der Waals surface area contributed by atoms with Crippen molar-refractivity contribution in [3.63, 3.8) is 0 Å². The molecule has 362 valence electrons. The van der Waals surface area contributed by atoms with Crippen LogP contribution in [0.15, 0.2) is 78.1 Å². The molecule has 3 aromatic rings. The molecule has 1 aliphatic rings. The van der Waals surface area contributed by atoms with Gasteiger partial charge in [0.05, 0.1) is 11.1 Å². The monoisotopic (exact) mass is 945 g/mol. The summed E-state index contributed by atoms with van der Waals surface area (Å²) in [5, 5.41) is 10.7. The molecular formula is C47H63N9O10S. The van der Waals surface area contributed by atoms with Gasteiger partial charge in [0, 0.05) is 37.0 Å². The number of hydrogen-bond donors (Lipinski definition) is 6. The minimum Gasteiger partial charge on any atom is -0.348 e. The number of imide groups is 3. The average molecular weight is 946 g/mol. The van der Waals surface area contributed by atoms with E-state index in [1.54, 1.807) is 49.8 Å². The predicted octanol–water partition coefficient (Wildman–Crippen LogP) is 3.05. The third-order valence-corrected chi connectivity index (χ3v) is 12.9. The van der Waals surface area contributed by atoms with Crippen molar-refractivity contribution < 1.29 is 46.8 Å². The number of amides is 8. The first-order valence-corrected chi connectivity index (χ1v) is 24.2. The second-order valence-electron chi connectivity index (χ2n) is 17.3. The van der Waals surface area contributed by atoms with Gasteiger partial charge in [0.2, 0.25) is 17.7 Å². The number of nitrogens with zero attached hydrogens (tertiary/aromatic N) is 3. The Labute approximate surface area is 391 Å². The number of carbonyl (C=O) groups excluding carboxylic acids is 8. The van der Waals surface area contributed by atoms with Crippen molar-refractivity contribution >= 4 is 57.3 Å². The van der Waals surface area contributed by atoms with Gasteiger partial charge in [0.1, 0.15) is 23.8 Å². The molecule has 1 fully saturated rings. The lowest BCUT2D eigenvalue weighted by Gasteiger charge is -2.32. The molecule has 19 nitrogen and oxygen atoms in total. The van der Waals surface area contributed by atoms with E-state index >= 15 is 0 Å². The molecule has 67 heavy (non-hydrogen) atoms. The van der Waals surface area contributed by atoms with E-state index in [0.717, 1.165) is 37.0 Å². The molecule has 1 saturated carbocycles. The summed E-state index contributed by atoms with van der Waals surface area (Å²) < 4.78 is 28.8. The number of sulfonamides is 1. The van der Waals surface area contributed by atoms with Crippen LogP contribution in [-0.2, 0) is 45.3 Å². The summed E-state index contributed by atoms with van der Waals surface area (Å²) in [6.07, 6.45) is 7.93. The molecule has 1 heterocycles. The van der Waals surface area contributed by atoms with Crippen LogP contribution in [0.4, 0.5) is 0 Å². The maximum atomic E-state index is 14.7. The summed E-state index contributed by atoms with van der Waals surface area (Å²) in [5.74, 6) is -9.84. The maximum Gasteiger partial charge on any atom is 0.326 e. The van der Waals surface area contributed by atoms with Crippen LogP contribution in [0.3, 0.4) is 0 Å². The van der Waals surface area contributed by atoms with Gasteiger partial charge in [0.15, 0.2) is 0 Å². The van der Waals surface area contributed by atoms with E-state index in [1.165, 1.54) is 30.7 Å².